The van der Waals surface area contributed by atoms with Gasteiger partial charge in [-0.1, -0.05) is 160 Å². The first-order chi connectivity index (χ1) is 22.5. The summed E-state index contributed by atoms with van der Waals surface area (Å²) in [7, 11) is 0. The van der Waals surface area contributed by atoms with Crippen LogP contribution in [0, 0.1) is 0 Å². The van der Waals surface area contributed by atoms with E-state index in [1.54, 1.807) is 24.3 Å². The molecule has 2 rings (SSSR count). The van der Waals surface area contributed by atoms with Crippen molar-refractivity contribution in [1.82, 2.24) is 15.1 Å². The third-order valence-electron chi connectivity index (χ3n) is 9.27. The molecule has 7 heteroatoms. The number of likely N-dealkylation sites (tertiary alicyclic amines) is 1. The van der Waals surface area contributed by atoms with E-state index in [1.807, 2.05) is 6.07 Å². The minimum atomic E-state index is -0.773. The van der Waals surface area contributed by atoms with Crippen molar-refractivity contribution < 1.29 is 19.2 Å². The van der Waals surface area contributed by atoms with Gasteiger partial charge >= 0.3 is 0 Å². The average molecular weight is 640 g/mol. The number of ketones is 1. The molecule has 1 aliphatic heterocycles. The van der Waals surface area contributed by atoms with Gasteiger partial charge in [0.1, 0.15) is 6.04 Å². The molecule has 1 aliphatic rings. The van der Waals surface area contributed by atoms with E-state index >= 15 is 0 Å². The molecule has 1 heterocycles. The molecule has 1 aromatic rings. The normalized spacial score (nSPS) is 15.1. The van der Waals surface area contributed by atoms with Gasteiger partial charge in [-0.25, -0.2) is 0 Å². The smallest absolute Gasteiger partial charge is 0.252 e. The highest BCUT2D eigenvalue weighted by molar-refractivity contribution is 6.07. The van der Waals surface area contributed by atoms with Crippen LogP contribution >= 0.6 is 0 Å². The lowest BCUT2D eigenvalue weighted by Gasteiger charge is -2.31. The van der Waals surface area contributed by atoms with E-state index in [2.05, 4.69) is 24.1 Å². The van der Waals surface area contributed by atoms with Crippen molar-refractivity contribution in [2.24, 2.45) is 0 Å². The highest BCUT2D eigenvalue weighted by Crippen LogP contribution is 2.16. The topological polar surface area (TPSA) is 86.8 Å². The molecule has 0 aliphatic carbocycles. The van der Waals surface area contributed by atoms with E-state index in [1.165, 1.54) is 116 Å². The van der Waals surface area contributed by atoms with Crippen LogP contribution in [0.3, 0.4) is 0 Å². The molecule has 46 heavy (non-hydrogen) atoms. The van der Waals surface area contributed by atoms with Crippen LogP contribution in [-0.4, -0.2) is 65.5 Å². The van der Waals surface area contributed by atoms with Gasteiger partial charge < -0.3 is 5.32 Å². The Morgan fingerprint density at radius 3 is 1.63 bits per heavy atom. The van der Waals surface area contributed by atoms with E-state index in [4.69, 9.17) is 0 Å². The Hall–Kier alpha value is -2.54. The summed E-state index contributed by atoms with van der Waals surface area (Å²) >= 11 is 0. The Morgan fingerprint density at radius 2 is 1.15 bits per heavy atom. The zero-order chi connectivity index (χ0) is 33.2. The number of unbranched alkanes of at least 4 members (excludes halogenated alkanes) is 18. The van der Waals surface area contributed by atoms with Crippen molar-refractivity contribution in [2.45, 2.75) is 161 Å². The second-order valence-corrected chi connectivity index (χ2v) is 13.4. The summed E-state index contributed by atoms with van der Waals surface area (Å²) in [5.41, 5.74) is 0.462. The number of imide groups is 1. The van der Waals surface area contributed by atoms with Crippen LogP contribution in [0.15, 0.2) is 30.3 Å². The number of hydrogen-bond acceptors (Lipinski definition) is 5. The van der Waals surface area contributed by atoms with Gasteiger partial charge in [0.15, 0.2) is 5.78 Å². The Labute approximate surface area is 280 Å². The summed E-state index contributed by atoms with van der Waals surface area (Å²) in [5.74, 6) is -1.30. The number of hydrogen-bond donors (Lipinski definition) is 1. The fraction of sp³-hybridized carbons (Fsp3) is 0.744. The minimum absolute atomic E-state index is 0.139. The van der Waals surface area contributed by atoms with Crippen molar-refractivity contribution in [1.29, 1.82) is 0 Å². The first kappa shape index (κ1) is 39.6. The largest absolute Gasteiger partial charge is 0.343 e. The van der Waals surface area contributed by atoms with Crippen LogP contribution in [0.5, 0.6) is 0 Å². The summed E-state index contributed by atoms with van der Waals surface area (Å²) in [4.78, 5) is 54.9. The Kier molecular flexibility index (Phi) is 22.0. The first-order valence-electron chi connectivity index (χ1n) is 18.9. The number of carbonyl (C=O) groups is 4. The average Bonchev–Trinajstić information content (AvgIpc) is 3.06. The third kappa shape index (κ3) is 17.4. The highest BCUT2D eigenvalue weighted by atomic mass is 16.2. The lowest BCUT2D eigenvalue weighted by Crippen LogP contribution is -2.56. The quantitative estimate of drug-likeness (QED) is 0.0563. The maximum absolute atomic E-state index is 13.2. The molecular weight excluding hydrogens is 574 g/mol. The fourth-order valence-electron chi connectivity index (χ4n) is 6.35. The number of carbonyl (C=O) groups excluding carboxylic acids is 4. The van der Waals surface area contributed by atoms with Crippen molar-refractivity contribution in [2.75, 3.05) is 26.2 Å². The van der Waals surface area contributed by atoms with Crippen molar-refractivity contribution in [3.63, 3.8) is 0 Å². The molecule has 0 spiro atoms. The molecule has 1 atom stereocenters. The van der Waals surface area contributed by atoms with Gasteiger partial charge in [-0.3, -0.25) is 29.0 Å². The van der Waals surface area contributed by atoms with Crippen molar-refractivity contribution in [3.8, 4) is 0 Å². The summed E-state index contributed by atoms with van der Waals surface area (Å²) in [6.07, 6.45) is 26.0. The summed E-state index contributed by atoms with van der Waals surface area (Å²) in [6, 6.07) is 7.91. The number of amides is 3. The Bertz CT molecular complexity index is 959. The van der Waals surface area contributed by atoms with Crippen molar-refractivity contribution >= 4 is 23.5 Å². The van der Waals surface area contributed by atoms with E-state index in [9.17, 15) is 19.2 Å². The van der Waals surface area contributed by atoms with Crippen LogP contribution in [0.4, 0.5) is 0 Å². The SMILES string of the molecule is CCCCCCCCCCCCN(CCCCCCCCCCCC)CC(=O)NC1CCC(=O)N(CC(=O)c2ccccc2)C1=O. The number of rotatable bonds is 28. The van der Waals surface area contributed by atoms with Gasteiger partial charge in [0.05, 0.1) is 13.1 Å². The fourth-order valence-corrected chi connectivity index (χ4v) is 6.35. The highest BCUT2D eigenvalue weighted by Gasteiger charge is 2.36. The molecule has 0 bridgehead atoms. The van der Waals surface area contributed by atoms with Gasteiger partial charge in [0.25, 0.3) is 5.91 Å². The Morgan fingerprint density at radius 1 is 0.696 bits per heavy atom. The van der Waals surface area contributed by atoms with Crippen LogP contribution in [0.1, 0.15) is 165 Å². The maximum Gasteiger partial charge on any atom is 0.252 e. The molecule has 7 nitrogen and oxygen atoms in total. The molecule has 1 unspecified atom stereocenters. The monoisotopic (exact) mass is 639 g/mol. The maximum atomic E-state index is 13.2. The van der Waals surface area contributed by atoms with Gasteiger partial charge in [0, 0.05) is 12.0 Å². The Balaban J connectivity index is 1.79. The predicted octanol–water partition coefficient (Wildman–Crippen LogP) is 8.65. The molecule has 1 N–H and O–H groups in total. The van der Waals surface area contributed by atoms with E-state index in [0.717, 1.165) is 30.8 Å². The van der Waals surface area contributed by atoms with Gasteiger partial charge in [0.2, 0.25) is 11.8 Å². The zero-order valence-electron chi connectivity index (χ0n) is 29.4. The number of benzene rings is 1. The molecular formula is C39H65N3O4. The van der Waals surface area contributed by atoms with Crippen molar-refractivity contribution in [3.05, 3.63) is 35.9 Å². The molecule has 1 saturated heterocycles. The number of piperidine rings is 1. The van der Waals surface area contributed by atoms with E-state index in [0.29, 0.717) is 5.56 Å². The number of nitrogens with zero attached hydrogens (tertiary/aromatic N) is 2. The first-order valence-corrected chi connectivity index (χ1v) is 18.9. The minimum Gasteiger partial charge on any atom is -0.343 e. The predicted molar refractivity (Wildman–Crippen MR) is 189 cm³/mol. The molecule has 0 saturated carbocycles. The van der Waals surface area contributed by atoms with Crippen LogP contribution in [0.2, 0.25) is 0 Å². The van der Waals surface area contributed by atoms with Crippen LogP contribution in [0.25, 0.3) is 0 Å². The molecule has 1 aromatic carbocycles. The third-order valence-corrected chi connectivity index (χ3v) is 9.27. The lowest BCUT2D eigenvalue weighted by molar-refractivity contribution is -0.150. The second kappa shape index (κ2) is 25.5. The van der Waals surface area contributed by atoms with Crippen LogP contribution in [-0.2, 0) is 14.4 Å². The second-order valence-electron chi connectivity index (χ2n) is 13.4. The molecule has 1 fully saturated rings. The van der Waals surface area contributed by atoms with E-state index in [-0.39, 0.29) is 43.5 Å². The molecule has 3 amide bonds. The van der Waals surface area contributed by atoms with Gasteiger partial charge in [-0.2, -0.15) is 0 Å². The number of nitrogens with one attached hydrogen (secondary N) is 1. The standard InChI is InChI=1S/C39H65N3O4/c1-3-5-7-9-11-13-15-17-19-24-30-41(31-25-20-18-16-14-12-10-8-6-4-2)33-37(44)40-35-28-29-38(45)42(39(35)46)32-36(43)34-26-22-21-23-27-34/h21-23,26-27,35H,3-20,24-25,28-33H2,1-2H3,(H,40,44). The summed E-state index contributed by atoms with van der Waals surface area (Å²) in [6.45, 7) is 6.25. The van der Waals surface area contributed by atoms with Gasteiger partial charge in [-0.05, 0) is 32.4 Å². The number of Topliss-reactive ketones (excluding diaryl/α,β-unsaturated/α-hetero) is 1. The summed E-state index contributed by atoms with van der Waals surface area (Å²) in [5, 5.41) is 2.91. The molecule has 0 radical (unpaired) electrons. The molecule has 260 valence electrons. The molecule has 0 aromatic heterocycles. The van der Waals surface area contributed by atoms with E-state index < -0.39 is 11.9 Å². The van der Waals surface area contributed by atoms with Crippen LogP contribution < -0.4 is 5.32 Å². The lowest BCUT2D eigenvalue weighted by atomic mass is 10.0. The zero-order valence-corrected chi connectivity index (χ0v) is 29.4. The van der Waals surface area contributed by atoms with Gasteiger partial charge in [-0.15, -0.1) is 0 Å². The summed E-state index contributed by atoms with van der Waals surface area (Å²) < 4.78 is 0.